The molecule has 0 unspecified atom stereocenters. The minimum absolute atomic E-state index is 0.00549. The van der Waals surface area contributed by atoms with Gasteiger partial charge in [-0.25, -0.2) is 4.79 Å². The highest BCUT2D eigenvalue weighted by Gasteiger charge is 2.52. The lowest BCUT2D eigenvalue weighted by atomic mass is 9.87. The van der Waals surface area contributed by atoms with Gasteiger partial charge in [0.25, 0.3) is 11.8 Å². The van der Waals surface area contributed by atoms with Gasteiger partial charge in [0.1, 0.15) is 5.54 Å². The fourth-order valence-corrected chi connectivity index (χ4v) is 3.19. The topological polar surface area (TPSA) is 81.8 Å². The van der Waals surface area contributed by atoms with Crippen LogP contribution in [0.15, 0.2) is 60.7 Å². The smallest absolute Gasteiger partial charge is 0.344 e. The molecule has 4 amide bonds. The van der Waals surface area contributed by atoms with Gasteiger partial charge in [-0.15, -0.1) is 0 Å². The molecule has 1 atom stereocenters. The van der Waals surface area contributed by atoms with Crippen LogP contribution >= 0.6 is 0 Å². The van der Waals surface area contributed by atoms with Crippen molar-refractivity contribution in [2.24, 2.45) is 0 Å². The lowest BCUT2D eigenvalue weighted by molar-refractivity contribution is -0.139. The molecule has 1 aliphatic heterocycles. The molecule has 2 aromatic rings. The fourth-order valence-electron chi connectivity index (χ4n) is 3.19. The molecule has 0 aromatic heterocycles. The first-order valence-corrected chi connectivity index (χ1v) is 8.76. The van der Waals surface area contributed by atoms with Crippen LogP contribution in [0.4, 0.5) is 10.5 Å². The van der Waals surface area contributed by atoms with Crippen LogP contribution in [0, 0.1) is 0 Å². The van der Waals surface area contributed by atoms with Crippen LogP contribution in [0.25, 0.3) is 0 Å². The molecule has 0 spiro atoms. The first-order valence-electron chi connectivity index (χ1n) is 8.76. The molecule has 0 saturated carbocycles. The predicted molar refractivity (Wildman–Crippen MR) is 102 cm³/mol. The maximum atomic E-state index is 13.0. The molecule has 1 fully saturated rings. The molecule has 0 aliphatic carbocycles. The van der Waals surface area contributed by atoms with E-state index in [-0.39, 0.29) is 6.54 Å². The molecule has 1 heterocycles. The normalized spacial score (nSPS) is 19.0. The zero-order chi connectivity index (χ0) is 19.4. The summed E-state index contributed by atoms with van der Waals surface area (Å²) in [5.41, 5.74) is 2.80. The Kier molecular flexibility index (Phi) is 5.12. The zero-order valence-electron chi connectivity index (χ0n) is 15.3. The Morgan fingerprint density at radius 1 is 1.07 bits per heavy atom. The van der Waals surface area contributed by atoms with Crippen LogP contribution < -0.4 is 15.6 Å². The van der Waals surface area contributed by atoms with E-state index in [2.05, 4.69) is 10.7 Å². The van der Waals surface area contributed by atoms with Crippen LogP contribution in [0.5, 0.6) is 0 Å². The summed E-state index contributed by atoms with van der Waals surface area (Å²) in [5.74, 6) is -0.943. The molecule has 0 bridgehead atoms. The number of hydrazine groups is 1. The molecule has 3 rings (SSSR count). The summed E-state index contributed by atoms with van der Waals surface area (Å²) in [5, 5.41) is 3.51. The number of nitrogens with one attached hydrogen (secondary N) is 2. The molecule has 1 aliphatic rings. The fraction of sp³-hybridized carbons (Fsp3) is 0.250. The van der Waals surface area contributed by atoms with Crippen molar-refractivity contribution < 1.29 is 14.4 Å². The van der Waals surface area contributed by atoms with E-state index in [1.165, 1.54) is 0 Å². The molecule has 2 aromatic carbocycles. The number of hydrogen-bond acceptors (Lipinski definition) is 4. The molecule has 0 radical (unpaired) electrons. The molecule has 7 heteroatoms. The maximum absolute atomic E-state index is 13.0. The Morgan fingerprint density at radius 3 is 2.26 bits per heavy atom. The Labute approximate surface area is 157 Å². The van der Waals surface area contributed by atoms with E-state index in [9.17, 15) is 14.4 Å². The van der Waals surface area contributed by atoms with E-state index in [4.69, 9.17) is 0 Å². The number of rotatable bonds is 6. The van der Waals surface area contributed by atoms with E-state index in [0.717, 1.165) is 10.7 Å². The predicted octanol–water partition coefficient (Wildman–Crippen LogP) is 2.01. The van der Waals surface area contributed by atoms with Crippen molar-refractivity contribution in [3.05, 3.63) is 66.2 Å². The summed E-state index contributed by atoms with van der Waals surface area (Å²) in [4.78, 5) is 39.5. The lowest BCUT2D eigenvalue weighted by Gasteiger charge is -2.26. The molecule has 1 saturated heterocycles. The van der Waals surface area contributed by atoms with Gasteiger partial charge in [-0.05, 0) is 24.1 Å². The first kappa shape index (κ1) is 18.4. The van der Waals surface area contributed by atoms with Crippen molar-refractivity contribution in [2.75, 3.05) is 18.5 Å². The van der Waals surface area contributed by atoms with Gasteiger partial charge in [0, 0.05) is 12.7 Å². The van der Waals surface area contributed by atoms with Gasteiger partial charge in [0.2, 0.25) is 0 Å². The molecular weight excluding hydrogens is 344 g/mol. The van der Waals surface area contributed by atoms with Gasteiger partial charge in [0.15, 0.2) is 0 Å². The highest BCUT2D eigenvalue weighted by Crippen LogP contribution is 2.31. The number of urea groups is 1. The zero-order valence-corrected chi connectivity index (χ0v) is 15.3. The van der Waals surface area contributed by atoms with Gasteiger partial charge in [0.05, 0.1) is 6.54 Å². The standard InChI is InChI=1S/C20H22N4O3/c1-3-20(15-10-6-4-7-11-15)18(26)24(19(27)21-20)22-17(25)14-23(2)16-12-8-5-9-13-16/h4-13H,3,14H2,1-2H3,(H,21,27)(H,22,25)/t20-/m0/s1. The van der Waals surface area contributed by atoms with Crippen LogP contribution in [0.2, 0.25) is 0 Å². The molecular formula is C20H22N4O3. The number of nitrogens with zero attached hydrogens (tertiary/aromatic N) is 2. The summed E-state index contributed by atoms with van der Waals surface area (Å²) >= 11 is 0. The van der Waals surface area contributed by atoms with E-state index < -0.39 is 23.4 Å². The summed E-state index contributed by atoms with van der Waals surface area (Å²) in [7, 11) is 1.76. The minimum atomic E-state index is -1.17. The third kappa shape index (κ3) is 3.48. The largest absolute Gasteiger partial charge is 0.365 e. The van der Waals surface area contributed by atoms with Gasteiger partial charge < -0.3 is 10.2 Å². The number of likely N-dealkylation sites (N-methyl/N-ethyl adjacent to an activating group) is 1. The van der Waals surface area contributed by atoms with E-state index in [0.29, 0.717) is 12.0 Å². The number of imide groups is 1. The average molecular weight is 366 g/mol. The monoisotopic (exact) mass is 366 g/mol. The van der Waals surface area contributed by atoms with Crippen LogP contribution in [-0.4, -0.2) is 36.4 Å². The Hall–Kier alpha value is -3.35. The van der Waals surface area contributed by atoms with E-state index in [1.807, 2.05) is 55.5 Å². The molecule has 7 nitrogen and oxygen atoms in total. The third-order valence-electron chi connectivity index (χ3n) is 4.70. The van der Waals surface area contributed by atoms with E-state index >= 15 is 0 Å². The number of hydrogen-bond donors (Lipinski definition) is 2. The minimum Gasteiger partial charge on any atom is -0.365 e. The summed E-state index contributed by atoms with van der Waals surface area (Å²) < 4.78 is 0. The summed E-state index contributed by atoms with van der Waals surface area (Å²) in [6.07, 6.45) is 0.373. The van der Waals surface area contributed by atoms with Gasteiger partial charge in [-0.1, -0.05) is 55.5 Å². The van der Waals surface area contributed by atoms with Crippen molar-refractivity contribution in [3.8, 4) is 0 Å². The summed E-state index contributed by atoms with van der Waals surface area (Å²) in [6, 6.07) is 17.8. The van der Waals surface area contributed by atoms with Crippen LogP contribution in [0.3, 0.4) is 0 Å². The number of anilines is 1. The van der Waals surface area contributed by atoms with Gasteiger partial charge in [-0.2, -0.15) is 5.01 Å². The van der Waals surface area contributed by atoms with Crippen LogP contribution in [0.1, 0.15) is 18.9 Å². The highest BCUT2D eigenvalue weighted by molar-refractivity contribution is 6.08. The number of carbonyl (C=O) groups excluding carboxylic acids is 3. The number of amides is 4. The Morgan fingerprint density at radius 2 is 1.67 bits per heavy atom. The van der Waals surface area contributed by atoms with Crippen molar-refractivity contribution >= 4 is 23.5 Å². The summed E-state index contributed by atoms with van der Waals surface area (Å²) in [6.45, 7) is 1.82. The second-order valence-electron chi connectivity index (χ2n) is 6.42. The Balaban J connectivity index is 1.73. The van der Waals surface area contributed by atoms with Crippen molar-refractivity contribution in [3.63, 3.8) is 0 Å². The second-order valence-corrected chi connectivity index (χ2v) is 6.42. The molecule has 27 heavy (non-hydrogen) atoms. The second kappa shape index (κ2) is 7.49. The number of carbonyl (C=O) groups is 3. The number of para-hydroxylation sites is 1. The SMILES string of the molecule is CC[C@@]1(c2ccccc2)NC(=O)N(NC(=O)CN(C)c2ccccc2)C1=O. The highest BCUT2D eigenvalue weighted by atomic mass is 16.2. The third-order valence-corrected chi connectivity index (χ3v) is 4.70. The maximum Gasteiger partial charge on any atom is 0.344 e. The van der Waals surface area contributed by atoms with Crippen molar-refractivity contribution in [1.29, 1.82) is 0 Å². The average Bonchev–Trinajstić information content (AvgIpc) is 2.94. The molecule has 140 valence electrons. The van der Waals surface area contributed by atoms with E-state index in [1.54, 1.807) is 24.1 Å². The van der Waals surface area contributed by atoms with Crippen molar-refractivity contribution in [2.45, 2.75) is 18.9 Å². The van der Waals surface area contributed by atoms with Gasteiger partial charge in [-0.3, -0.25) is 15.0 Å². The lowest BCUT2D eigenvalue weighted by Crippen LogP contribution is -2.50. The Bertz CT molecular complexity index is 841. The first-order chi connectivity index (χ1) is 13.0. The van der Waals surface area contributed by atoms with Gasteiger partial charge >= 0.3 is 6.03 Å². The van der Waals surface area contributed by atoms with Crippen LogP contribution in [-0.2, 0) is 15.1 Å². The quantitative estimate of drug-likeness (QED) is 0.767. The number of benzene rings is 2. The van der Waals surface area contributed by atoms with Crippen molar-refractivity contribution in [1.82, 2.24) is 15.8 Å². The molecule has 2 N–H and O–H groups in total.